The summed E-state index contributed by atoms with van der Waals surface area (Å²) in [4.78, 5) is 22.8. The summed E-state index contributed by atoms with van der Waals surface area (Å²) < 4.78 is 17.6. The Bertz CT molecular complexity index is 771. The zero-order valence-corrected chi connectivity index (χ0v) is 18.0. The maximum absolute atomic E-state index is 11.5. The third-order valence-corrected chi connectivity index (χ3v) is 5.79. The molecule has 0 unspecified atom stereocenters. The molecule has 2 rings (SSSR count). The summed E-state index contributed by atoms with van der Waals surface area (Å²) in [6, 6.07) is 3.05. The average Bonchev–Trinajstić information content (AvgIpc) is 2.82. The molecule has 1 aromatic rings. The minimum atomic E-state index is -0.674. The fraction of sp³-hybridized carbons (Fsp3) is 0.500. The third kappa shape index (κ3) is 4.98. The predicted octanol–water partition coefficient (Wildman–Crippen LogP) is 3.90. The van der Waals surface area contributed by atoms with Crippen molar-refractivity contribution < 1.29 is 28.7 Å². The Labute approximate surface area is 170 Å². The second kappa shape index (κ2) is 8.72. The van der Waals surface area contributed by atoms with Crippen LogP contribution in [0, 0.1) is 0 Å². The summed E-state index contributed by atoms with van der Waals surface area (Å²) in [6.07, 6.45) is 2.39. The minimum Gasteiger partial charge on any atom is -0.504 e. The molecule has 8 heteroatoms. The summed E-state index contributed by atoms with van der Waals surface area (Å²) >= 11 is 1.13. The number of hydrogen-bond acceptors (Lipinski definition) is 7. The van der Waals surface area contributed by atoms with Crippen molar-refractivity contribution in [3.8, 4) is 11.5 Å². The second-order valence-electron chi connectivity index (χ2n) is 7.60. The standard InChI is InChI=1S/C20H27BO6S/c1-7-25-17-9-14(11-22)8-15(18(17)24)10-16(12-28-13(2)23)21-26-19(3,4)20(5,6)27-21/h8-11,24H,7,12H2,1-6H3. The lowest BCUT2D eigenvalue weighted by Crippen LogP contribution is -2.41. The van der Waals surface area contributed by atoms with Crippen LogP contribution in [0.5, 0.6) is 11.5 Å². The number of thioether (sulfide) groups is 1. The first kappa shape index (κ1) is 22.5. The van der Waals surface area contributed by atoms with Gasteiger partial charge in [-0.2, -0.15) is 0 Å². The SMILES string of the molecule is CCOc1cc(C=O)cc(C=C(CSC(C)=O)B2OC(C)(C)C(C)(C)O2)c1O. The first-order valence-corrected chi connectivity index (χ1v) is 10.1. The van der Waals surface area contributed by atoms with Crippen molar-refractivity contribution in [1.82, 2.24) is 0 Å². The van der Waals surface area contributed by atoms with Gasteiger partial charge in [0.25, 0.3) is 0 Å². The zero-order valence-electron chi connectivity index (χ0n) is 17.2. The number of aldehydes is 1. The monoisotopic (exact) mass is 406 g/mol. The molecule has 0 saturated carbocycles. The number of phenols is 1. The molecule has 1 heterocycles. The van der Waals surface area contributed by atoms with E-state index in [1.807, 2.05) is 27.7 Å². The molecule has 152 valence electrons. The van der Waals surface area contributed by atoms with Crippen molar-refractivity contribution in [2.24, 2.45) is 0 Å². The van der Waals surface area contributed by atoms with Crippen molar-refractivity contribution in [2.75, 3.05) is 12.4 Å². The molecule has 0 radical (unpaired) electrons. The highest BCUT2D eigenvalue weighted by molar-refractivity contribution is 8.13. The number of rotatable bonds is 7. The topological polar surface area (TPSA) is 82.1 Å². The normalized spacial score (nSPS) is 18.2. The Hall–Kier alpha value is -1.77. The van der Waals surface area contributed by atoms with Gasteiger partial charge in [0, 0.05) is 23.8 Å². The van der Waals surface area contributed by atoms with Crippen LogP contribution in [0.25, 0.3) is 6.08 Å². The molecule has 1 aliphatic rings. The van der Waals surface area contributed by atoms with E-state index >= 15 is 0 Å². The van der Waals surface area contributed by atoms with Crippen molar-refractivity contribution in [3.05, 3.63) is 28.7 Å². The molecule has 1 N–H and O–H groups in total. The Morgan fingerprint density at radius 1 is 1.25 bits per heavy atom. The van der Waals surface area contributed by atoms with Crippen LogP contribution in [0.1, 0.15) is 57.5 Å². The Balaban J connectivity index is 2.49. The van der Waals surface area contributed by atoms with Gasteiger partial charge in [-0.1, -0.05) is 17.8 Å². The molecule has 0 amide bonds. The molecular formula is C20H27BO6S. The molecule has 1 saturated heterocycles. The van der Waals surface area contributed by atoms with Gasteiger partial charge in [-0.15, -0.1) is 0 Å². The lowest BCUT2D eigenvalue weighted by atomic mass is 9.78. The van der Waals surface area contributed by atoms with E-state index in [-0.39, 0.29) is 16.6 Å². The van der Waals surface area contributed by atoms with Gasteiger partial charge in [0.15, 0.2) is 16.6 Å². The quantitative estimate of drug-likeness (QED) is 0.543. The second-order valence-corrected chi connectivity index (χ2v) is 8.75. The molecule has 0 spiro atoms. The van der Waals surface area contributed by atoms with Gasteiger partial charge in [-0.25, -0.2) is 0 Å². The first-order valence-electron chi connectivity index (χ1n) is 9.15. The van der Waals surface area contributed by atoms with Crippen LogP contribution in [-0.4, -0.2) is 47.2 Å². The molecule has 0 aliphatic carbocycles. The van der Waals surface area contributed by atoms with Gasteiger partial charge >= 0.3 is 7.12 Å². The number of hydrogen-bond donors (Lipinski definition) is 1. The molecule has 6 nitrogen and oxygen atoms in total. The largest absolute Gasteiger partial charge is 0.504 e. The van der Waals surface area contributed by atoms with Crippen LogP contribution in [0.15, 0.2) is 17.6 Å². The number of ether oxygens (including phenoxy) is 1. The summed E-state index contributed by atoms with van der Waals surface area (Å²) in [6.45, 7) is 11.4. The number of benzene rings is 1. The molecule has 1 aromatic carbocycles. The minimum absolute atomic E-state index is 0.0386. The van der Waals surface area contributed by atoms with E-state index < -0.39 is 18.3 Å². The molecule has 0 aromatic heterocycles. The average molecular weight is 406 g/mol. The van der Waals surface area contributed by atoms with E-state index in [9.17, 15) is 14.7 Å². The van der Waals surface area contributed by atoms with E-state index in [4.69, 9.17) is 14.0 Å². The molecule has 1 aliphatic heterocycles. The Morgan fingerprint density at radius 3 is 2.36 bits per heavy atom. The van der Waals surface area contributed by atoms with Gasteiger partial charge in [-0.05, 0) is 52.2 Å². The summed E-state index contributed by atoms with van der Waals surface area (Å²) in [5.41, 5.74) is 0.378. The molecular weight excluding hydrogens is 379 g/mol. The van der Waals surface area contributed by atoms with Gasteiger partial charge < -0.3 is 19.2 Å². The van der Waals surface area contributed by atoms with Crippen LogP contribution in [-0.2, 0) is 14.1 Å². The van der Waals surface area contributed by atoms with Crippen molar-refractivity contribution in [1.29, 1.82) is 0 Å². The summed E-state index contributed by atoms with van der Waals surface area (Å²) in [5.74, 6) is 0.487. The van der Waals surface area contributed by atoms with Crippen LogP contribution in [0.2, 0.25) is 0 Å². The highest BCUT2D eigenvalue weighted by Crippen LogP contribution is 2.40. The fourth-order valence-corrected chi connectivity index (χ4v) is 3.24. The van der Waals surface area contributed by atoms with Crippen LogP contribution in [0.3, 0.4) is 0 Å². The first-order chi connectivity index (χ1) is 13.0. The highest BCUT2D eigenvalue weighted by atomic mass is 32.2. The van der Waals surface area contributed by atoms with Gasteiger partial charge in [0.2, 0.25) is 0 Å². The lowest BCUT2D eigenvalue weighted by Gasteiger charge is -2.32. The molecule has 1 fully saturated rings. The lowest BCUT2D eigenvalue weighted by molar-refractivity contribution is -0.109. The maximum Gasteiger partial charge on any atom is 0.491 e. The predicted molar refractivity (Wildman–Crippen MR) is 112 cm³/mol. The zero-order chi connectivity index (χ0) is 21.1. The fourth-order valence-electron chi connectivity index (χ4n) is 2.65. The third-order valence-electron chi connectivity index (χ3n) is 4.90. The summed E-state index contributed by atoms with van der Waals surface area (Å²) in [7, 11) is -0.674. The van der Waals surface area contributed by atoms with Crippen LogP contribution < -0.4 is 4.74 Å². The van der Waals surface area contributed by atoms with E-state index in [1.54, 1.807) is 19.1 Å². The van der Waals surface area contributed by atoms with Crippen LogP contribution >= 0.6 is 11.8 Å². The van der Waals surface area contributed by atoms with Gasteiger partial charge in [0.1, 0.15) is 6.29 Å². The number of phenolic OH excluding ortho intramolecular Hbond substituents is 1. The number of aromatic hydroxyl groups is 1. The number of carbonyl (C=O) groups excluding carboxylic acids is 2. The maximum atomic E-state index is 11.5. The Kier molecular flexibility index (Phi) is 7.01. The van der Waals surface area contributed by atoms with E-state index in [1.165, 1.54) is 13.0 Å². The molecule has 0 atom stereocenters. The van der Waals surface area contributed by atoms with E-state index in [0.717, 1.165) is 11.8 Å². The van der Waals surface area contributed by atoms with Crippen LogP contribution in [0.4, 0.5) is 0 Å². The summed E-state index contributed by atoms with van der Waals surface area (Å²) in [5, 5.41) is 10.5. The molecule has 0 bridgehead atoms. The van der Waals surface area contributed by atoms with Gasteiger partial charge in [-0.3, -0.25) is 9.59 Å². The highest BCUT2D eigenvalue weighted by Gasteiger charge is 2.52. The van der Waals surface area contributed by atoms with E-state index in [2.05, 4.69) is 0 Å². The smallest absolute Gasteiger partial charge is 0.491 e. The number of carbonyl (C=O) groups is 2. The van der Waals surface area contributed by atoms with Crippen molar-refractivity contribution >= 4 is 36.4 Å². The van der Waals surface area contributed by atoms with Crippen molar-refractivity contribution in [3.63, 3.8) is 0 Å². The Morgan fingerprint density at radius 2 is 1.86 bits per heavy atom. The van der Waals surface area contributed by atoms with Crippen molar-refractivity contribution in [2.45, 2.75) is 52.7 Å². The van der Waals surface area contributed by atoms with E-state index in [0.29, 0.717) is 35.2 Å². The van der Waals surface area contributed by atoms with Gasteiger partial charge in [0.05, 0.1) is 17.8 Å². The molecule has 28 heavy (non-hydrogen) atoms.